The SMILES string of the molecule is Cc1cc(NC2CC2)c(N)cc1I. The van der Waals surface area contributed by atoms with Gasteiger partial charge in [-0.2, -0.15) is 0 Å². The Labute approximate surface area is 92.0 Å². The number of halogens is 1. The summed E-state index contributed by atoms with van der Waals surface area (Å²) in [6, 6.07) is 4.83. The third-order valence-electron chi connectivity index (χ3n) is 2.27. The minimum Gasteiger partial charge on any atom is -0.397 e. The third kappa shape index (κ3) is 2.07. The third-order valence-corrected chi connectivity index (χ3v) is 3.43. The number of hydrogen-bond acceptors (Lipinski definition) is 2. The van der Waals surface area contributed by atoms with Gasteiger partial charge in [0.25, 0.3) is 0 Å². The maximum atomic E-state index is 5.90. The molecule has 0 spiro atoms. The molecule has 0 saturated heterocycles. The highest BCUT2D eigenvalue weighted by Crippen LogP contribution is 2.30. The molecule has 1 aliphatic rings. The van der Waals surface area contributed by atoms with Crippen molar-refractivity contribution in [1.29, 1.82) is 0 Å². The predicted octanol–water partition coefficient (Wildman–Crippen LogP) is 2.76. The van der Waals surface area contributed by atoms with Gasteiger partial charge in [0, 0.05) is 9.61 Å². The standard InChI is InChI=1S/C10H13IN2/c1-6-4-10(13-7-2-3-7)9(12)5-8(6)11/h4-5,7,13H,2-3,12H2,1H3. The van der Waals surface area contributed by atoms with E-state index in [0.29, 0.717) is 6.04 Å². The summed E-state index contributed by atoms with van der Waals surface area (Å²) in [5, 5.41) is 3.42. The van der Waals surface area contributed by atoms with Gasteiger partial charge in [0.15, 0.2) is 0 Å². The van der Waals surface area contributed by atoms with E-state index >= 15 is 0 Å². The minimum atomic E-state index is 0.668. The van der Waals surface area contributed by atoms with E-state index in [9.17, 15) is 0 Å². The van der Waals surface area contributed by atoms with Crippen LogP contribution in [0, 0.1) is 10.5 Å². The van der Waals surface area contributed by atoms with Crippen molar-refractivity contribution < 1.29 is 0 Å². The fraction of sp³-hybridized carbons (Fsp3) is 0.400. The molecule has 1 fully saturated rings. The van der Waals surface area contributed by atoms with Crippen molar-refractivity contribution in [2.75, 3.05) is 11.1 Å². The molecule has 1 saturated carbocycles. The van der Waals surface area contributed by atoms with Gasteiger partial charge in [0.1, 0.15) is 0 Å². The molecular weight excluding hydrogens is 275 g/mol. The summed E-state index contributed by atoms with van der Waals surface area (Å²) in [6.45, 7) is 2.11. The second kappa shape index (κ2) is 3.36. The number of hydrogen-bond donors (Lipinski definition) is 2. The molecule has 0 aliphatic heterocycles. The number of rotatable bonds is 2. The Kier molecular flexibility index (Phi) is 2.36. The van der Waals surface area contributed by atoms with Gasteiger partial charge in [-0.25, -0.2) is 0 Å². The van der Waals surface area contributed by atoms with Crippen LogP contribution in [0.25, 0.3) is 0 Å². The van der Waals surface area contributed by atoms with Crippen molar-refractivity contribution in [1.82, 2.24) is 0 Å². The fourth-order valence-electron chi connectivity index (χ4n) is 1.27. The van der Waals surface area contributed by atoms with Gasteiger partial charge in [0.2, 0.25) is 0 Å². The van der Waals surface area contributed by atoms with Crippen molar-refractivity contribution in [3.8, 4) is 0 Å². The van der Waals surface area contributed by atoms with Gasteiger partial charge < -0.3 is 11.1 Å². The number of anilines is 2. The van der Waals surface area contributed by atoms with Crippen molar-refractivity contribution in [3.63, 3.8) is 0 Å². The average Bonchev–Trinajstić information content (AvgIpc) is 2.84. The summed E-state index contributed by atoms with van der Waals surface area (Å²) in [4.78, 5) is 0. The molecule has 3 heteroatoms. The molecule has 0 atom stereocenters. The van der Waals surface area contributed by atoms with Gasteiger partial charge in [-0.3, -0.25) is 0 Å². The number of nitrogens with one attached hydrogen (secondary N) is 1. The first kappa shape index (κ1) is 9.12. The molecule has 0 bridgehead atoms. The van der Waals surface area contributed by atoms with Crippen LogP contribution in [-0.2, 0) is 0 Å². The molecule has 13 heavy (non-hydrogen) atoms. The molecule has 0 unspecified atom stereocenters. The van der Waals surface area contributed by atoms with Crippen molar-refractivity contribution in [2.24, 2.45) is 0 Å². The normalized spacial score (nSPS) is 15.8. The van der Waals surface area contributed by atoms with Crippen molar-refractivity contribution in [3.05, 3.63) is 21.3 Å². The number of benzene rings is 1. The molecule has 1 aromatic rings. The molecule has 0 aromatic heterocycles. The van der Waals surface area contributed by atoms with Crippen LogP contribution in [-0.4, -0.2) is 6.04 Å². The summed E-state index contributed by atoms with van der Waals surface area (Å²) < 4.78 is 1.23. The van der Waals surface area contributed by atoms with Gasteiger partial charge in [0.05, 0.1) is 11.4 Å². The summed E-state index contributed by atoms with van der Waals surface area (Å²) in [5.41, 5.74) is 9.15. The molecule has 1 aliphatic carbocycles. The van der Waals surface area contributed by atoms with E-state index in [0.717, 1.165) is 11.4 Å². The Bertz CT molecular complexity index is 332. The average molecular weight is 288 g/mol. The van der Waals surface area contributed by atoms with Crippen LogP contribution in [0.15, 0.2) is 12.1 Å². The van der Waals surface area contributed by atoms with Gasteiger partial charge in [-0.15, -0.1) is 0 Å². The zero-order valence-electron chi connectivity index (χ0n) is 7.60. The lowest BCUT2D eigenvalue weighted by Gasteiger charge is -2.10. The molecule has 0 radical (unpaired) electrons. The van der Waals surface area contributed by atoms with Crippen LogP contribution in [0.2, 0.25) is 0 Å². The smallest absolute Gasteiger partial charge is 0.0579 e. The zero-order valence-corrected chi connectivity index (χ0v) is 9.76. The highest BCUT2D eigenvalue weighted by molar-refractivity contribution is 14.1. The number of nitrogen functional groups attached to an aromatic ring is 1. The molecule has 1 aromatic carbocycles. The van der Waals surface area contributed by atoms with Gasteiger partial charge >= 0.3 is 0 Å². The maximum absolute atomic E-state index is 5.90. The van der Waals surface area contributed by atoms with Crippen LogP contribution in [0.5, 0.6) is 0 Å². The molecule has 0 heterocycles. The highest BCUT2D eigenvalue weighted by atomic mass is 127. The molecule has 0 amide bonds. The maximum Gasteiger partial charge on any atom is 0.0579 e. The molecule has 3 N–H and O–H groups in total. The summed E-state index contributed by atoms with van der Waals surface area (Å²) >= 11 is 2.31. The lowest BCUT2D eigenvalue weighted by Crippen LogP contribution is -2.04. The largest absolute Gasteiger partial charge is 0.397 e. The summed E-state index contributed by atoms with van der Waals surface area (Å²) in [7, 11) is 0. The van der Waals surface area contributed by atoms with E-state index in [2.05, 4.69) is 40.9 Å². The Balaban J connectivity index is 2.27. The highest BCUT2D eigenvalue weighted by Gasteiger charge is 2.21. The summed E-state index contributed by atoms with van der Waals surface area (Å²) in [5.74, 6) is 0. The van der Waals surface area contributed by atoms with Crippen LogP contribution in [0.4, 0.5) is 11.4 Å². The fourth-order valence-corrected chi connectivity index (χ4v) is 1.76. The Morgan fingerprint density at radius 1 is 1.46 bits per heavy atom. The van der Waals surface area contributed by atoms with Crippen LogP contribution in [0.3, 0.4) is 0 Å². The second-order valence-corrected chi connectivity index (χ2v) is 4.77. The van der Waals surface area contributed by atoms with E-state index in [1.807, 2.05) is 6.07 Å². The topological polar surface area (TPSA) is 38.0 Å². The summed E-state index contributed by atoms with van der Waals surface area (Å²) in [6.07, 6.45) is 2.56. The van der Waals surface area contributed by atoms with Crippen LogP contribution < -0.4 is 11.1 Å². The second-order valence-electron chi connectivity index (χ2n) is 3.61. The first-order chi connectivity index (χ1) is 6.16. The Hall–Kier alpha value is -0.450. The monoisotopic (exact) mass is 288 g/mol. The predicted molar refractivity (Wildman–Crippen MR) is 65.0 cm³/mol. The van der Waals surface area contributed by atoms with E-state index in [4.69, 9.17) is 5.73 Å². The Morgan fingerprint density at radius 2 is 2.15 bits per heavy atom. The van der Waals surface area contributed by atoms with E-state index in [-0.39, 0.29) is 0 Å². The molecule has 70 valence electrons. The van der Waals surface area contributed by atoms with Crippen LogP contribution in [0.1, 0.15) is 18.4 Å². The lowest BCUT2D eigenvalue weighted by atomic mass is 10.2. The first-order valence-electron chi connectivity index (χ1n) is 4.49. The van der Waals surface area contributed by atoms with Gasteiger partial charge in [-0.05, 0) is 60.1 Å². The molecule has 2 rings (SSSR count). The molecular formula is C10H13IN2. The number of aryl methyl sites for hydroxylation is 1. The van der Waals surface area contributed by atoms with Gasteiger partial charge in [-0.1, -0.05) is 0 Å². The molecule has 2 nitrogen and oxygen atoms in total. The first-order valence-corrected chi connectivity index (χ1v) is 5.57. The van der Waals surface area contributed by atoms with Crippen molar-refractivity contribution >= 4 is 34.0 Å². The Morgan fingerprint density at radius 3 is 2.77 bits per heavy atom. The van der Waals surface area contributed by atoms with Crippen molar-refractivity contribution in [2.45, 2.75) is 25.8 Å². The quantitative estimate of drug-likeness (QED) is 0.648. The van der Waals surface area contributed by atoms with E-state index in [1.165, 1.54) is 22.0 Å². The lowest BCUT2D eigenvalue weighted by molar-refractivity contribution is 1.15. The van der Waals surface area contributed by atoms with E-state index in [1.54, 1.807) is 0 Å². The zero-order chi connectivity index (χ0) is 9.42. The minimum absolute atomic E-state index is 0.668. The van der Waals surface area contributed by atoms with Crippen LogP contribution >= 0.6 is 22.6 Å². The number of nitrogens with two attached hydrogens (primary N) is 1. The van der Waals surface area contributed by atoms with E-state index < -0.39 is 0 Å².